The molecule has 1 fully saturated rings. The van der Waals surface area contributed by atoms with Gasteiger partial charge in [-0.15, -0.1) is 0 Å². The highest BCUT2D eigenvalue weighted by atomic mass is 79.9. The van der Waals surface area contributed by atoms with Crippen LogP contribution < -0.4 is 5.32 Å². The average Bonchev–Trinajstić information content (AvgIpc) is 2.88. The van der Waals surface area contributed by atoms with Crippen molar-refractivity contribution in [2.75, 3.05) is 25.1 Å². The Labute approximate surface area is 125 Å². The van der Waals surface area contributed by atoms with E-state index in [1.54, 1.807) is 16.9 Å². The maximum Gasteiger partial charge on any atom is 0.153 e. The largest absolute Gasteiger partial charge is 0.376 e. The van der Waals surface area contributed by atoms with E-state index in [9.17, 15) is 0 Å². The van der Waals surface area contributed by atoms with E-state index in [1.807, 2.05) is 6.20 Å². The predicted octanol–water partition coefficient (Wildman–Crippen LogP) is 2.10. The Morgan fingerprint density at radius 2 is 2.45 bits per heavy atom. The molecule has 3 heterocycles. The van der Waals surface area contributed by atoms with E-state index in [-0.39, 0.29) is 12.1 Å². The lowest BCUT2D eigenvalue weighted by molar-refractivity contribution is -0.0947. The van der Waals surface area contributed by atoms with Crippen LogP contribution in [-0.4, -0.2) is 46.6 Å². The predicted molar refractivity (Wildman–Crippen MR) is 78.9 cm³/mol. The fourth-order valence-corrected chi connectivity index (χ4v) is 2.85. The number of nitrogens with one attached hydrogen (secondary N) is 1. The van der Waals surface area contributed by atoms with E-state index in [0.717, 1.165) is 22.2 Å². The van der Waals surface area contributed by atoms with Crippen LogP contribution >= 0.6 is 15.9 Å². The second-order valence-corrected chi connectivity index (χ2v) is 5.56. The summed E-state index contributed by atoms with van der Waals surface area (Å²) in [5.41, 5.74) is 0.933. The molecule has 1 N–H and O–H groups in total. The molecule has 0 amide bonds. The number of hydrogen-bond acceptors (Lipinski definition) is 5. The summed E-state index contributed by atoms with van der Waals surface area (Å²) in [4.78, 5) is 4.42. The van der Waals surface area contributed by atoms with Gasteiger partial charge in [-0.05, 0) is 22.4 Å². The molecule has 0 radical (unpaired) electrons. The van der Waals surface area contributed by atoms with Gasteiger partial charge >= 0.3 is 0 Å². The Hall–Kier alpha value is -1.18. The molecule has 2 atom stereocenters. The van der Waals surface area contributed by atoms with Gasteiger partial charge in [0.2, 0.25) is 0 Å². The molecule has 2 aromatic rings. The molecule has 0 bridgehead atoms. The van der Waals surface area contributed by atoms with Crippen molar-refractivity contribution in [3.8, 4) is 0 Å². The van der Waals surface area contributed by atoms with Crippen molar-refractivity contribution < 1.29 is 9.47 Å². The lowest BCUT2D eigenvalue weighted by Crippen LogP contribution is -2.42. The maximum absolute atomic E-state index is 5.78. The zero-order chi connectivity index (χ0) is 13.9. The smallest absolute Gasteiger partial charge is 0.153 e. The number of aromatic nitrogens is 3. The summed E-state index contributed by atoms with van der Waals surface area (Å²) in [7, 11) is 0. The van der Waals surface area contributed by atoms with Crippen LogP contribution in [0.25, 0.3) is 5.52 Å². The van der Waals surface area contributed by atoms with Gasteiger partial charge in [-0.3, -0.25) is 0 Å². The standard InChI is InChI=1S/C13H17BrN4O2/c1-2-10(11-8-19-5-6-20-11)17-13-12-9(14)7-16-18(12)4-3-15-13/h3-4,7,10-11H,2,5-6,8H2,1H3,(H,15,17). The van der Waals surface area contributed by atoms with Crippen molar-refractivity contribution >= 4 is 27.3 Å². The third-order valence-electron chi connectivity index (χ3n) is 3.44. The summed E-state index contributed by atoms with van der Waals surface area (Å²) in [6.07, 6.45) is 6.32. The minimum Gasteiger partial charge on any atom is -0.376 e. The molecule has 0 spiro atoms. The zero-order valence-corrected chi connectivity index (χ0v) is 12.8. The van der Waals surface area contributed by atoms with Crippen LogP contribution in [0.5, 0.6) is 0 Å². The first-order chi connectivity index (χ1) is 9.79. The van der Waals surface area contributed by atoms with Crippen molar-refractivity contribution in [1.29, 1.82) is 0 Å². The number of fused-ring (bicyclic) bond motifs is 1. The molecule has 6 nitrogen and oxygen atoms in total. The normalized spacial score (nSPS) is 21.0. The number of hydrogen-bond donors (Lipinski definition) is 1. The number of ether oxygens (including phenoxy) is 2. The van der Waals surface area contributed by atoms with Crippen LogP contribution in [0.3, 0.4) is 0 Å². The summed E-state index contributed by atoms with van der Waals surface area (Å²) in [5.74, 6) is 0.804. The molecule has 108 valence electrons. The van der Waals surface area contributed by atoms with Gasteiger partial charge in [-0.25, -0.2) is 9.50 Å². The van der Waals surface area contributed by atoms with Crippen molar-refractivity contribution in [2.24, 2.45) is 0 Å². The minimum absolute atomic E-state index is 0.0532. The van der Waals surface area contributed by atoms with E-state index < -0.39 is 0 Å². The summed E-state index contributed by atoms with van der Waals surface area (Å²) in [6.45, 7) is 4.07. The summed E-state index contributed by atoms with van der Waals surface area (Å²) < 4.78 is 14.0. The summed E-state index contributed by atoms with van der Waals surface area (Å²) >= 11 is 3.51. The fraction of sp³-hybridized carbons (Fsp3) is 0.538. The van der Waals surface area contributed by atoms with E-state index in [2.05, 4.69) is 38.3 Å². The van der Waals surface area contributed by atoms with Crippen LogP contribution in [-0.2, 0) is 9.47 Å². The van der Waals surface area contributed by atoms with Gasteiger partial charge in [0, 0.05) is 12.4 Å². The van der Waals surface area contributed by atoms with Gasteiger partial charge in [0.05, 0.1) is 36.5 Å². The van der Waals surface area contributed by atoms with Gasteiger partial charge in [0.25, 0.3) is 0 Å². The molecule has 7 heteroatoms. The summed E-state index contributed by atoms with van der Waals surface area (Å²) in [5, 5.41) is 7.72. The van der Waals surface area contributed by atoms with E-state index in [4.69, 9.17) is 9.47 Å². The average molecular weight is 341 g/mol. The molecule has 2 aromatic heterocycles. The molecular weight excluding hydrogens is 324 g/mol. The third kappa shape index (κ3) is 2.65. The molecule has 1 aliphatic heterocycles. The second-order valence-electron chi connectivity index (χ2n) is 4.70. The minimum atomic E-state index is 0.0532. The molecule has 1 saturated heterocycles. The van der Waals surface area contributed by atoms with Crippen LogP contribution in [0.15, 0.2) is 23.1 Å². The first-order valence-corrected chi connectivity index (χ1v) is 7.52. The number of nitrogens with zero attached hydrogens (tertiary/aromatic N) is 3. The van der Waals surface area contributed by atoms with E-state index >= 15 is 0 Å². The highest BCUT2D eigenvalue weighted by molar-refractivity contribution is 9.10. The lowest BCUT2D eigenvalue weighted by Gasteiger charge is -2.30. The van der Waals surface area contributed by atoms with Crippen molar-refractivity contribution in [3.05, 3.63) is 23.1 Å². The Morgan fingerprint density at radius 1 is 1.55 bits per heavy atom. The number of halogens is 1. The highest BCUT2D eigenvalue weighted by Gasteiger charge is 2.25. The summed E-state index contributed by atoms with van der Waals surface area (Å²) in [6, 6.07) is 0.163. The van der Waals surface area contributed by atoms with Crippen molar-refractivity contribution in [3.63, 3.8) is 0 Å². The molecule has 0 aromatic carbocycles. The zero-order valence-electron chi connectivity index (χ0n) is 11.3. The lowest BCUT2D eigenvalue weighted by atomic mass is 10.1. The van der Waals surface area contributed by atoms with Gasteiger partial charge < -0.3 is 14.8 Å². The molecule has 20 heavy (non-hydrogen) atoms. The molecule has 2 unspecified atom stereocenters. The first kappa shape index (κ1) is 13.8. The topological polar surface area (TPSA) is 60.7 Å². The van der Waals surface area contributed by atoms with Gasteiger partial charge in [-0.1, -0.05) is 6.92 Å². The molecule has 1 aliphatic rings. The van der Waals surface area contributed by atoms with Crippen molar-refractivity contribution in [2.45, 2.75) is 25.5 Å². The molecule has 3 rings (SSSR count). The Balaban J connectivity index is 1.85. The Bertz CT molecular complexity index is 583. The molecular formula is C13H17BrN4O2. The quantitative estimate of drug-likeness (QED) is 0.923. The highest BCUT2D eigenvalue weighted by Crippen LogP contribution is 2.25. The first-order valence-electron chi connectivity index (χ1n) is 6.73. The Kier molecular flexibility index (Phi) is 4.18. The maximum atomic E-state index is 5.78. The SMILES string of the molecule is CCC(Nc1nccn2ncc(Br)c12)C1COCCO1. The van der Waals surface area contributed by atoms with Crippen LogP contribution in [0.1, 0.15) is 13.3 Å². The van der Waals surface area contributed by atoms with E-state index in [0.29, 0.717) is 19.8 Å². The number of anilines is 1. The molecule has 0 saturated carbocycles. The van der Waals surface area contributed by atoms with Crippen LogP contribution in [0, 0.1) is 0 Å². The van der Waals surface area contributed by atoms with Gasteiger partial charge in [-0.2, -0.15) is 5.10 Å². The Morgan fingerprint density at radius 3 is 3.20 bits per heavy atom. The monoisotopic (exact) mass is 340 g/mol. The fourth-order valence-electron chi connectivity index (χ4n) is 2.39. The van der Waals surface area contributed by atoms with Crippen LogP contribution in [0.2, 0.25) is 0 Å². The third-order valence-corrected chi connectivity index (χ3v) is 4.02. The van der Waals surface area contributed by atoms with E-state index in [1.165, 1.54) is 0 Å². The van der Waals surface area contributed by atoms with Crippen molar-refractivity contribution in [1.82, 2.24) is 14.6 Å². The second kappa shape index (κ2) is 6.07. The van der Waals surface area contributed by atoms with Gasteiger partial charge in [0.1, 0.15) is 11.6 Å². The molecule has 0 aliphatic carbocycles. The van der Waals surface area contributed by atoms with Gasteiger partial charge in [0.15, 0.2) is 5.82 Å². The van der Waals surface area contributed by atoms with Crippen LogP contribution in [0.4, 0.5) is 5.82 Å². The number of rotatable bonds is 4.